The topological polar surface area (TPSA) is 69.4 Å². The number of nitrogens with zero attached hydrogens (tertiary/aromatic N) is 4. The quantitative estimate of drug-likeness (QED) is 0.508. The smallest absolute Gasteiger partial charge is 0.349 e. The van der Waals surface area contributed by atoms with E-state index in [-0.39, 0.29) is 0 Å². The molecule has 0 aliphatic heterocycles. The van der Waals surface area contributed by atoms with Crippen LogP contribution >= 0.6 is 15.9 Å². The van der Waals surface area contributed by atoms with Crippen molar-refractivity contribution in [2.75, 3.05) is 0 Å². The first-order valence-electron chi connectivity index (χ1n) is 6.77. The SMILES string of the molecule is O=C(Oc1cnc2c(Br)cccc2c1)c1cnn2cccnc12. The van der Waals surface area contributed by atoms with Gasteiger partial charge in [-0.3, -0.25) is 4.98 Å². The Morgan fingerprint density at radius 3 is 3.00 bits per heavy atom. The lowest BCUT2D eigenvalue weighted by molar-refractivity contribution is 0.0736. The van der Waals surface area contributed by atoms with Gasteiger partial charge in [-0.25, -0.2) is 14.3 Å². The maximum absolute atomic E-state index is 12.3. The highest BCUT2D eigenvalue weighted by molar-refractivity contribution is 9.10. The largest absolute Gasteiger partial charge is 0.421 e. The third-order valence-corrected chi connectivity index (χ3v) is 3.99. The Bertz CT molecular complexity index is 1040. The van der Waals surface area contributed by atoms with Gasteiger partial charge in [0.2, 0.25) is 0 Å². The van der Waals surface area contributed by atoms with Crippen LogP contribution < -0.4 is 4.74 Å². The summed E-state index contributed by atoms with van der Waals surface area (Å²) in [5, 5.41) is 4.95. The second-order valence-corrected chi connectivity index (χ2v) is 5.67. The molecule has 0 N–H and O–H groups in total. The van der Waals surface area contributed by atoms with E-state index in [4.69, 9.17) is 4.74 Å². The summed E-state index contributed by atoms with van der Waals surface area (Å²) in [6, 6.07) is 9.21. The minimum atomic E-state index is -0.519. The van der Waals surface area contributed by atoms with Crippen LogP contribution in [-0.4, -0.2) is 25.6 Å². The number of esters is 1. The van der Waals surface area contributed by atoms with Gasteiger partial charge in [0.25, 0.3) is 0 Å². The number of halogens is 1. The summed E-state index contributed by atoms with van der Waals surface area (Å²) in [4.78, 5) is 20.8. The van der Waals surface area contributed by atoms with Crippen molar-refractivity contribution in [1.82, 2.24) is 19.6 Å². The second-order valence-electron chi connectivity index (χ2n) is 4.82. The Labute approximate surface area is 138 Å². The molecule has 23 heavy (non-hydrogen) atoms. The maximum atomic E-state index is 12.3. The van der Waals surface area contributed by atoms with Crippen molar-refractivity contribution in [1.29, 1.82) is 0 Å². The first-order valence-corrected chi connectivity index (χ1v) is 7.56. The lowest BCUT2D eigenvalue weighted by Crippen LogP contribution is -2.09. The number of para-hydroxylation sites is 1. The van der Waals surface area contributed by atoms with Gasteiger partial charge in [0.15, 0.2) is 5.65 Å². The molecule has 0 amide bonds. The lowest BCUT2D eigenvalue weighted by atomic mass is 10.2. The van der Waals surface area contributed by atoms with E-state index in [1.807, 2.05) is 18.2 Å². The van der Waals surface area contributed by atoms with Gasteiger partial charge in [-0.15, -0.1) is 0 Å². The van der Waals surface area contributed by atoms with Crippen molar-refractivity contribution < 1.29 is 9.53 Å². The van der Waals surface area contributed by atoms with E-state index in [0.29, 0.717) is 17.0 Å². The fourth-order valence-corrected chi connectivity index (χ4v) is 2.78. The number of carbonyl (C=O) groups is 1. The molecule has 6 nitrogen and oxygen atoms in total. The van der Waals surface area contributed by atoms with Gasteiger partial charge in [0.05, 0.1) is 17.9 Å². The summed E-state index contributed by atoms with van der Waals surface area (Å²) < 4.78 is 7.81. The second kappa shape index (κ2) is 5.44. The molecule has 3 aromatic heterocycles. The molecule has 4 aromatic rings. The average Bonchev–Trinajstić information content (AvgIpc) is 2.99. The Hall–Kier alpha value is -2.80. The molecular formula is C16H9BrN4O2. The zero-order valence-electron chi connectivity index (χ0n) is 11.7. The minimum absolute atomic E-state index is 0.305. The predicted molar refractivity (Wildman–Crippen MR) is 87.4 cm³/mol. The fourth-order valence-electron chi connectivity index (χ4n) is 2.29. The van der Waals surface area contributed by atoms with Crippen LogP contribution in [0.1, 0.15) is 10.4 Å². The third kappa shape index (κ3) is 2.44. The summed E-state index contributed by atoms with van der Waals surface area (Å²) >= 11 is 3.44. The van der Waals surface area contributed by atoms with Crippen molar-refractivity contribution >= 4 is 38.4 Å². The summed E-state index contributed by atoms with van der Waals surface area (Å²) in [7, 11) is 0. The molecule has 0 saturated heterocycles. The van der Waals surface area contributed by atoms with Gasteiger partial charge in [0, 0.05) is 22.3 Å². The van der Waals surface area contributed by atoms with Crippen molar-refractivity contribution in [3.05, 3.63) is 65.2 Å². The van der Waals surface area contributed by atoms with Gasteiger partial charge in [-0.1, -0.05) is 12.1 Å². The average molecular weight is 369 g/mol. The Balaban J connectivity index is 1.68. The number of rotatable bonds is 2. The van der Waals surface area contributed by atoms with Crippen LogP contribution in [0.2, 0.25) is 0 Å². The van der Waals surface area contributed by atoms with Crippen molar-refractivity contribution in [2.45, 2.75) is 0 Å². The van der Waals surface area contributed by atoms with E-state index in [2.05, 4.69) is 31.0 Å². The molecular weight excluding hydrogens is 360 g/mol. The van der Waals surface area contributed by atoms with Crippen LogP contribution in [0, 0.1) is 0 Å². The minimum Gasteiger partial charge on any atom is -0.421 e. The molecule has 0 aliphatic carbocycles. The molecule has 3 heterocycles. The highest BCUT2D eigenvalue weighted by atomic mass is 79.9. The number of fused-ring (bicyclic) bond motifs is 2. The lowest BCUT2D eigenvalue weighted by Gasteiger charge is -2.05. The van der Waals surface area contributed by atoms with E-state index in [1.165, 1.54) is 16.9 Å². The van der Waals surface area contributed by atoms with Crippen molar-refractivity contribution in [3.63, 3.8) is 0 Å². The van der Waals surface area contributed by atoms with Gasteiger partial charge in [-0.05, 0) is 34.1 Å². The van der Waals surface area contributed by atoms with Crippen molar-refractivity contribution in [2.24, 2.45) is 0 Å². The summed E-state index contributed by atoms with van der Waals surface area (Å²) in [6.07, 6.45) is 6.27. The Morgan fingerprint density at radius 1 is 1.17 bits per heavy atom. The van der Waals surface area contributed by atoms with E-state index >= 15 is 0 Å². The van der Waals surface area contributed by atoms with Crippen LogP contribution in [0.3, 0.4) is 0 Å². The Morgan fingerprint density at radius 2 is 2.09 bits per heavy atom. The van der Waals surface area contributed by atoms with Crippen LogP contribution in [-0.2, 0) is 0 Å². The molecule has 0 fully saturated rings. The highest BCUT2D eigenvalue weighted by Crippen LogP contribution is 2.25. The van der Waals surface area contributed by atoms with E-state index < -0.39 is 5.97 Å². The van der Waals surface area contributed by atoms with E-state index in [0.717, 1.165) is 15.4 Å². The first kappa shape index (κ1) is 13.8. The Kier molecular flexibility index (Phi) is 3.27. The molecule has 0 radical (unpaired) electrons. The van der Waals surface area contributed by atoms with Crippen LogP contribution in [0.4, 0.5) is 0 Å². The highest BCUT2D eigenvalue weighted by Gasteiger charge is 2.16. The third-order valence-electron chi connectivity index (χ3n) is 3.35. The molecule has 0 bridgehead atoms. The maximum Gasteiger partial charge on any atom is 0.349 e. The number of carbonyl (C=O) groups excluding carboxylic acids is 1. The van der Waals surface area contributed by atoms with Gasteiger partial charge < -0.3 is 4.74 Å². The normalized spacial score (nSPS) is 11.0. The molecule has 0 aliphatic rings. The summed E-state index contributed by atoms with van der Waals surface area (Å²) in [5.74, 6) is -0.147. The molecule has 112 valence electrons. The number of hydrogen-bond donors (Lipinski definition) is 0. The zero-order valence-corrected chi connectivity index (χ0v) is 13.3. The molecule has 0 unspecified atom stereocenters. The van der Waals surface area contributed by atoms with Gasteiger partial charge in [-0.2, -0.15) is 5.10 Å². The van der Waals surface area contributed by atoms with Crippen LogP contribution in [0.5, 0.6) is 5.75 Å². The molecule has 1 aromatic carbocycles. The first-order chi connectivity index (χ1) is 11.2. The van der Waals surface area contributed by atoms with E-state index in [9.17, 15) is 4.79 Å². The molecule has 4 rings (SSSR count). The molecule has 0 atom stereocenters. The standard InChI is InChI=1S/C16H9BrN4O2/c17-13-4-1-3-10-7-11(8-19-14(10)13)23-16(22)12-9-20-21-6-2-5-18-15(12)21/h1-9H. The molecule has 7 heteroatoms. The van der Waals surface area contributed by atoms with Crippen LogP contribution in [0.15, 0.2) is 59.6 Å². The summed E-state index contributed by atoms with van der Waals surface area (Å²) in [5.41, 5.74) is 1.57. The monoisotopic (exact) mass is 368 g/mol. The molecule has 0 saturated carbocycles. The van der Waals surface area contributed by atoms with Crippen LogP contribution in [0.25, 0.3) is 16.6 Å². The zero-order chi connectivity index (χ0) is 15.8. The summed E-state index contributed by atoms with van der Waals surface area (Å²) in [6.45, 7) is 0. The number of ether oxygens (including phenoxy) is 1. The number of pyridine rings is 1. The van der Waals surface area contributed by atoms with Gasteiger partial charge in [0.1, 0.15) is 11.3 Å². The van der Waals surface area contributed by atoms with E-state index in [1.54, 1.807) is 24.5 Å². The fraction of sp³-hybridized carbons (Fsp3) is 0. The molecule has 0 spiro atoms. The van der Waals surface area contributed by atoms with Gasteiger partial charge >= 0.3 is 5.97 Å². The number of benzene rings is 1. The number of aromatic nitrogens is 4. The predicted octanol–water partition coefficient (Wildman–Crippen LogP) is 3.26. The van der Waals surface area contributed by atoms with Crippen molar-refractivity contribution in [3.8, 4) is 5.75 Å². The number of hydrogen-bond acceptors (Lipinski definition) is 5.